The van der Waals surface area contributed by atoms with Crippen molar-refractivity contribution in [3.05, 3.63) is 52.6 Å². The van der Waals surface area contributed by atoms with Gasteiger partial charge in [0.05, 0.1) is 12.0 Å². The number of nitrogens with one attached hydrogen (secondary N) is 1. The number of anilines is 1. The second kappa shape index (κ2) is 6.60. The Balaban J connectivity index is 2.38. The van der Waals surface area contributed by atoms with Crippen LogP contribution in [0.5, 0.6) is 17.2 Å². The summed E-state index contributed by atoms with van der Waals surface area (Å²) in [6.07, 6.45) is 0. The number of rotatable bonds is 6. The molecule has 0 aliphatic carbocycles. The van der Waals surface area contributed by atoms with Gasteiger partial charge in [-0.1, -0.05) is 12.1 Å². The molecule has 0 amide bonds. The van der Waals surface area contributed by atoms with Crippen molar-refractivity contribution in [2.45, 2.75) is 6.92 Å². The third-order valence-corrected chi connectivity index (χ3v) is 2.82. The minimum atomic E-state index is -0.451. The van der Waals surface area contributed by atoms with E-state index in [1.165, 1.54) is 0 Å². The van der Waals surface area contributed by atoms with Gasteiger partial charge >= 0.3 is 5.69 Å². The maximum absolute atomic E-state index is 11.3. The molecule has 0 fully saturated rings. The third-order valence-electron chi connectivity index (χ3n) is 2.82. The van der Waals surface area contributed by atoms with Gasteiger partial charge in [-0.15, -0.1) is 0 Å². The molecule has 6 heteroatoms. The van der Waals surface area contributed by atoms with Crippen LogP contribution in [0.15, 0.2) is 42.5 Å². The van der Waals surface area contributed by atoms with Crippen molar-refractivity contribution in [1.29, 1.82) is 0 Å². The number of hydrogen-bond acceptors (Lipinski definition) is 5. The lowest BCUT2D eigenvalue weighted by Gasteiger charge is -2.10. The number of ether oxygens (including phenoxy) is 2. The Morgan fingerprint density at radius 3 is 2.57 bits per heavy atom. The molecule has 0 bridgehead atoms. The van der Waals surface area contributed by atoms with Gasteiger partial charge in [0.25, 0.3) is 0 Å². The Kier molecular flexibility index (Phi) is 4.61. The average molecular weight is 288 g/mol. The topological polar surface area (TPSA) is 73.6 Å². The smallest absolute Gasteiger partial charge is 0.334 e. The zero-order valence-electron chi connectivity index (χ0n) is 11.8. The first-order chi connectivity index (χ1) is 10.2. The van der Waals surface area contributed by atoms with Crippen LogP contribution in [0.4, 0.5) is 11.4 Å². The van der Waals surface area contributed by atoms with Gasteiger partial charge in [0.2, 0.25) is 5.75 Å². The van der Waals surface area contributed by atoms with Crippen LogP contribution in [0.2, 0.25) is 0 Å². The van der Waals surface area contributed by atoms with Crippen LogP contribution in [-0.2, 0) is 0 Å². The van der Waals surface area contributed by atoms with Gasteiger partial charge in [-0.2, -0.15) is 0 Å². The van der Waals surface area contributed by atoms with Gasteiger partial charge in [-0.05, 0) is 31.2 Å². The van der Waals surface area contributed by atoms with Gasteiger partial charge < -0.3 is 14.8 Å². The van der Waals surface area contributed by atoms with Crippen molar-refractivity contribution < 1.29 is 14.4 Å². The van der Waals surface area contributed by atoms with Crippen LogP contribution in [0.1, 0.15) is 6.92 Å². The van der Waals surface area contributed by atoms with E-state index in [9.17, 15) is 10.1 Å². The van der Waals surface area contributed by atoms with E-state index in [1.54, 1.807) is 49.6 Å². The molecule has 6 nitrogen and oxygen atoms in total. The molecule has 0 radical (unpaired) electrons. The van der Waals surface area contributed by atoms with E-state index in [1.807, 2.05) is 6.92 Å². The van der Waals surface area contributed by atoms with Gasteiger partial charge in [0, 0.05) is 12.6 Å². The van der Waals surface area contributed by atoms with Crippen molar-refractivity contribution in [2.24, 2.45) is 0 Å². The molecule has 0 aliphatic heterocycles. The quantitative estimate of drug-likeness (QED) is 0.646. The normalized spacial score (nSPS) is 10.0. The zero-order chi connectivity index (χ0) is 15.2. The summed E-state index contributed by atoms with van der Waals surface area (Å²) in [5, 5.41) is 14.3. The summed E-state index contributed by atoms with van der Waals surface area (Å²) in [6.45, 7) is 2.46. The summed E-state index contributed by atoms with van der Waals surface area (Å²) < 4.78 is 10.7. The van der Waals surface area contributed by atoms with Crippen molar-refractivity contribution >= 4 is 11.4 Å². The van der Waals surface area contributed by atoms with Crippen molar-refractivity contribution in [2.75, 3.05) is 19.0 Å². The molecular weight excluding hydrogens is 272 g/mol. The van der Waals surface area contributed by atoms with E-state index >= 15 is 0 Å². The number of methoxy groups -OCH3 is 1. The first-order valence-corrected chi connectivity index (χ1v) is 6.49. The number of nitro benzene ring substituents is 1. The molecule has 2 aromatic rings. The fraction of sp³-hybridized carbons (Fsp3) is 0.200. The molecule has 0 spiro atoms. The minimum Gasteiger partial charge on any atom is -0.497 e. The van der Waals surface area contributed by atoms with Crippen LogP contribution in [0, 0.1) is 10.1 Å². The highest BCUT2D eigenvalue weighted by atomic mass is 16.6. The molecule has 0 saturated carbocycles. The SMILES string of the molecule is CCNc1cccc(Oc2cccc(OC)c2)c1[N+](=O)[O-]. The summed E-state index contributed by atoms with van der Waals surface area (Å²) in [5.41, 5.74) is 0.352. The Labute approximate surface area is 122 Å². The predicted octanol–water partition coefficient (Wildman–Crippen LogP) is 3.83. The fourth-order valence-corrected chi connectivity index (χ4v) is 1.92. The fourth-order valence-electron chi connectivity index (χ4n) is 1.92. The van der Waals surface area contributed by atoms with Crippen molar-refractivity contribution in [3.63, 3.8) is 0 Å². The van der Waals surface area contributed by atoms with Gasteiger partial charge in [-0.25, -0.2) is 0 Å². The van der Waals surface area contributed by atoms with Crippen molar-refractivity contribution in [1.82, 2.24) is 0 Å². The largest absolute Gasteiger partial charge is 0.497 e. The molecule has 0 unspecified atom stereocenters. The molecule has 0 aliphatic rings. The molecule has 2 rings (SSSR count). The lowest BCUT2D eigenvalue weighted by atomic mass is 10.2. The zero-order valence-corrected chi connectivity index (χ0v) is 11.8. The molecule has 1 N–H and O–H groups in total. The standard InChI is InChI=1S/C15H16N2O4/c1-3-16-13-8-5-9-14(15(13)17(18)19)21-12-7-4-6-11(10-12)20-2/h4-10,16H,3H2,1-2H3. The van der Waals surface area contributed by atoms with E-state index in [0.29, 0.717) is 23.7 Å². The Morgan fingerprint density at radius 2 is 1.90 bits per heavy atom. The maximum atomic E-state index is 11.3. The van der Waals surface area contributed by atoms with Gasteiger partial charge in [0.15, 0.2) is 0 Å². The highest BCUT2D eigenvalue weighted by Crippen LogP contribution is 2.37. The average Bonchev–Trinajstić information content (AvgIpc) is 2.47. The lowest BCUT2D eigenvalue weighted by molar-refractivity contribution is -0.384. The van der Waals surface area contributed by atoms with Crippen molar-refractivity contribution in [3.8, 4) is 17.2 Å². The summed E-state index contributed by atoms with van der Waals surface area (Å²) in [7, 11) is 1.55. The summed E-state index contributed by atoms with van der Waals surface area (Å²) in [5.74, 6) is 1.29. The Hall–Kier alpha value is -2.76. The first-order valence-electron chi connectivity index (χ1n) is 6.49. The number of benzene rings is 2. The van der Waals surface area contributed by atoms with E-state index in [0.717, 1.165) is 0 Å². The maximum Gasteiger partial charge on any atom is 0.334 e. The molecule has 0 atom stereocenters. The lowest BCUT2D eigenvalue weighted by Crippen LogP contribution is -2.02. The molecule has 2 aromatic carbocycles. The minimum absolute atomic E-state index is 0.0813. The van der Waals surface area contributed by atoms with E-state index in [-0.39, 0.29) is 11.4 Å². The molecule has 0 saturated heterocycles. The van der Waals surface area contributed by atoms with E-state index < -0.39 is 4.92 Å². The second-order valence-electron chi connectivity index (χ2n) is 4.22. The molecule has 0 heterocycles. The molecule has 21 heavy (non-hydrogen) atoms. The summed E-state index contributed by atoms with van der Waals surface area (Å²) in [6, 6.07) is 11.8. The number of nitrogens with zero attached hydrogens (tertiary/aromatic N) is 1. The van der Waals surface area contributed by atoms with Crippen LogP contribution < -0.4 is 14.8 Å². The van der Waals surface area contributed by atoms with E-state index in [4.69, 9.17) is 9.47 Å². The molecule has 0 aromatic heterocycles. The first kappa shape index (κ1) is 14.6. The van der Waals surface area contributed by atoms with Crippen LogP contribution in [0.25, 0.3) is 0 Å². The van der Waals surface area contributed by atoms with Gasteiger partial charge in [-0.3, -0.25) is 10.1 Å². The highest BCUT2D eigenvalue weighted by Gasteiger charge is 2.21. The third kappa shape index (κ3) is 3.42. The summed E-state index contributed by atoms with van der Waals surface area (Å²) >= 11 is 0. The van der Waals surface area contributed by atoms with Crippen LogP contribution in [0.3, 0.4) is 0 Å². The van der Waals surface area contributed by atoms with Gasteiger partial charge in [0.1, 0.15) is 17.2 Å². The highest BCUT2D eigenvalue weighted by molar-refractivity contribution is 5.69. The van der Waals surface area contributed by atoms with E-state index in [2.05, 4.69) is 5.32 Å². The monoisotopic (exact) mass is 288 g/mol. The Bertz CT molecular complexity index is 643. The Morgan fingerprint density at radius 1 is 1.19 bits per heavy atom. The van der Waals surface area contributed by atoms with Crippen LogP contribution in [-0.4, -0.2) is 18.6 Å². The predicted molar refractivity (Wildman–Crippen MR) is 80.3 cm³/mol. The second-order valence-corrected chi connectivity index (χ2v) is 4.22. The van der Waals surface area contributed by atoms with Crippen LogP contribution >= 0.6 is 0 Å². The number of para-hydroxylation sites is 1. The molecule has 110 valence electrons. The number of nitro groups is 1. The number of hydrogen-bond donors (Lipinski definition) is 1. The summed E-state index contributed by atoms with van der Waals surface area (Å²) in [4.78, 5) is 10.8. The molecular formula is C15H16N2O4.